The fourth-order valence-corrected chi connectivity index (χ4v) is 10.6. The molecule has 0 spiro atoms. The molecule has 4 aliphatic rings. The normalized spacial score (nSPS) is 28.9. The van der Waals surface area contributed by atoms with Crippen molar-refractivity contribution >= 4 is 47.4 Å². The number of ether oxygens (including phenoxy) is 2. The number of esters is 2. The standard InChI is InChI=1S/C53H74N6O10/c1-9-19-38-35(7)52(66)68-42(31-37-22-14-11-15-23-37)48(62)59-29-18-26-41(59)53(67)69-45(33(4)5)51(65)56(8)44(32(2)3)50(64)58-28-17-25-40(58)47(61)55-43(34(6)30-36-20-12-10-13-21-36)49(63)57-27-16-24-39(57)46(60)54-38/h10-15,20-23,32-35,38-45H,9,16-19,24-31H2,1-8H3,(H,54,60)(H,55,61)/t34?,35?,38?,39?,40?,41?,42?,43?,44-,45?/m1/s1. The van der Waals surface area contributed by atoms with Crippen LogP contribution in [0.1, 0.15) is 111 Å². The molecule has 0 saturated carbocycles. The minimum Gasteiger partial charge on any atom is -0.452 e. The number of hydrogen-bond donors (Lipinski definition) is 2. The molecule has 2 aromatic rings. The molecule has 4 fully saturated rings. The fourth-order valence-electron chi connectivity index (χ4n) is 10.6. The Morgan fingerprint density at radius 3 is 1.68 bits per heavy atom. The fraction of sp³-hybridized carbons (Fsp3) is 0.623. The third-order valence-corrected chi connectivity index (χ3v) is 14.5. The SMILES string of the molecule is CCCC1NC(=O)C2CCCN2C(=O)C(C(C)Cc2ccccc2)NC(=O)C2CCCN2C(=O)[C@@H](C(C)C)N(C)C(=O)C(C(C)C)OC(=O)C2CCCN2C(=O)C(Cc2ccccc2)OC(=O)C1C. The average molecular weight is 955 g/mol. The number of cyclic esters (lactones) is 2. The number of rotatable bonds is 9. The molecule has 0 aliphatic carbocycles. The molecule has 16 heteroatoms. The summed E-state index contributed by atoms with van der Waals surface area (Å²) in [6.45, 7) is 13.2. The molecule has 9 unspecified atom stereocenters. The number of nitrogens with zero attached hydrogens (tertiary/aromatic N) is 4. The van der Waals surface area contributed by atoms with Crippen molar-refractivity contribution in [2.24, 2.45) is 23.7 Å². The van der Waals surface area contributed by atoms with Gasteiger partial charge in [0, 0.05) is 39.1 Å². The molecule has 2 aromatic carbocycles. The molecule has 16 nitrogen and oxygen atoms in total. The van der Waals surface area contributed by atoms with Crippen molar-refractivity contribution in [3.8, 4) is 0 Å². The summed E-state index contributed by atoms with van der Waals surface area (Å²) in [6.07, 6.45) is 1.24. The van der Waals surface area contributed by atoms with E-state index in [4.69, 9.17) is 9.47 Å². The lowest BCUT2D eigenvalue weighted by Crippen LogP contribution is -2.60. The Kier molecular flexibility index (Phi) is 18.0. The second-order valence-corrected chi connectivity index (χ2v) is 20.3. The predicted octanol–water partition coefficient (Wildman–Crippen LogP) is 4.46. The summed E-state index contributed by atoms with van der Waals surface area (Å²) in [5, 5.41) is 6.13. The first-order valence-electron chi connectivity index (χ1n) is 25.2. The Labute approximate surface area is 407 Å². The van der Waals surface area contributed by atoms with Gasteiger partial charge >= 0.3 is 11.9 Å². The van der Waals surface area contributed by atoms with Gasteiger partial charge in [-0.25, -0.2) is 4.79 Å². The Bertz CT molecular complexity index is 2150. The average Bonchev–Trinajstić information content (AvgIpc) is 4.14. The Morgan fingerprint density at radius 2 is 1.13 bits per heavy atom. The van der Waals surface area contributed by atoms with Crippen molar-refractivity contribution in [3.63, 3.8) is 0 Å². The first-order chi connectivity index (χ1) is 32.9. The Balaban J connectivity index is 1.40. The van der Waals surface area contributed by atoms with Crippen LogP contribution in [0.25, 0.3) is 0 Å². The summed E-state index contributed by atoms with van der Waals surface area (Å²) >= 11 is 0. The van der Waals surface area contributed by atoms with E-state index in [1.807, 2.05) is 74.5 Å². The van der Waals surface area contributed by atoms with E-state index in [0.717, 1.165) is 11.1 Å². The molecule has 6 rings (SSSR count). The van der Waals surface area contributed by atoms with Crippen LogP contribution in [0.5, 0.6) is 0 Å². The highest BCUT2D eigenvalue weighted by atomic mass is 16.6. The van der Waals surface area contributed by atoms with Gasteiger partial charge < -0.3 is 39.7 Å². The third kappa shape index (κ3) is 12.3. The van der Waals surface area contributed by atoms with E-state index in [1.165, 1.54) is 26.6 Å². The maximum Gasteiger partial charge on any atom is 0.329 e. The lowest BCUT2D eigenvalue weighted by Gasteiger charge is -2.38. The highest BCUT2D eigenvalue weighted by Crippen LogP contribution is 2.29. The molecule has 4 saturated heterocycles. The van der Waals surface area contributed by atoms with Crippen LogP contribution in [0.3, 0.4) is 0 Å². The quantitative estimate of drug-likeness (QED) is 0.340. The van der Waals surface area contributed by atoms with Crippen LogP contribution in [0, 0.1) is 23.7 Å². The van der Waals surface area contributed by atoms with Crippen molar-refractivity contribution in [1.29, 1.82) is 0 Å². The van der Waals surface area contributed by atoms with E-state index in [2.05, 4.69) is 10.6 Å². The summed E-state index contributed by atoms with van der Waals surface area (Å²) in [5.41, 5.74) is 1.67. The van der Waals surface area contributed by atoms with Crippen molar-refractivity contribution in [2.75, 3.05) is 26.7 Å². The van der Waals surface area contributed by atoms with Gasteiger partial charge in [-0.2, -0.15) is 0 Å². The van der Waals surface area contributed by atoms with E-state index in [0.29, 0.717) is 51.4 Å². The minimum absolute atomic E-state index is 0.0150. The summed E-state index contributed by atoms with van der Waals surface area (Å²) in [5.74, 6) is -6.82. The zero-order chi connectivity index (χ0) is 50.1. The van der Waals surface area contributed by atoms with Crippen LogP contribution in [0.15, 0.2) is 60.7 Å². The van der Waals surface area contributed by atoms with Crippen LogP contribution in [-0.4, -0.2) is 142 Å². The molecule has 4 heterocycles. The number of benzene rings is 2. The number of fused-ring (bicyclic) bond motifs is 3. The van der Waals surface area contributed by atoms with Gasteiger partial charge in [-0.05, 0) is 87.2 Å². The summed E-state index contributed by atoms with van der Waals surface area (Å²) in [6, 6.07) is 12.9. The second kappa shape index (κ2) is 23.7. The van der Waals surface area contributed by atoms with Crippen molar-refractivity contribution in [3.05, 3.63) is 71.8 Å². The third-order valence-electron chi connectivity index (χ3n) is 14.5. The molecular formula is C53H74N6O10. The van der Waals surface area contributed by atoms with Crippen LogP contribution < -0.4 is 10.6 Å². The highest BCUT2D eigenvalue weighted by molar-refractivity contribution is 5.97. The molecule has 2 N–H and O–H groups in total. The van der Waals surface area contributed by atoms with Crippen molar-refractivity contribution in [2.45, 2.75) is 161 Å². The molecule has 10 atom stereocenters. The second-order valence-electron chi connectivity index (χ2n) is 20.3. The van der Waals surface area contributed by atoms with Crippen molar-refractivity contribution < 1.29 is 47.8 Å². The number of nitrogens with one attached hydrogen (secondary N) is 2. The largest absolute Gasteiger partial charge is 0.452 e. The van der Waals surface area contributed by atoms with E-state index >= 15 is 0 Å². The van der Waals surface area contributed by atoms with Gasteiger partial charge in [0.25, 0.3) is 11.8 Å². The van der Waals surface area contributed by atoms with Crippen LogP contribution in [-0.2, 0) is 60.7 Å². The predicted molar refractivity (Wildman–Crippen MR) is 258 cm³/mol. The number of likely N-dealkylation sites (N-methyl/N-ethyl adjacent to an activating group) is 1. The first kappa shape index (κ1) is 52.6. The van der Waals surface area contributed by atoms with E-state index in [-0.39, 0.29) is 32.5 Å². The van der Waals surface area contributed by atoms with Gasteiger partial charge in [-0.1, -0.05) is 109 Å². The molecule has 0 radical (unpaired) electrons. The van der Waals surface area contributed by atoms with Gasteiger partial charge in [0.05, 0.1) is 5.92 Å². The van der Waals surface area contributed by atoms with Crippen molar-refractivity contribution in [1.82, 2.24) is 30.2 Å². The lowest BCUT2D eigenvalue weighted by molar-refractivity contribution is -0.173. The van der Waals surface area contributed by atoms with Crippen LogP contribution in [0.4, 0.5) is 0 Å². The zero-order valence-corrected chi connectivity index (χ0v) is 41.8. The smallest absolute Gasteiger partial charge is 0.329 e. The van der Waals surface area contributed by atoms with Crippen LogP contribution >= 0.6 is 0 Å². The van der Waals surface area contributed by atoms with Gasteiger partial charge in [0.2, 0.25) is 23.6 Å². The Hall–Kier alpha value is -5.80. The minimum atomic E-state index is -1.34. The maximum absolute atomic E-state index is 15.0. The molecule has 376 valence electrons. The topological polar surface area (TPSA) is 192 Å². The molecular weight excluding hydrogens is 881 g/mol. The van der Waals surface area contributed by atoms with Gasteiger partial charge in [-0.15, -0.1) is 0 Å². The lowest BCUT2D eigenvalue weighted by atomic mass is 9.92. The number of hydrogen-bond acceptors (Lipinski definition) is 10. The maximum atomic E-state index is 15.0. The first-order valence-corrected chi connectivity index (χ1v) is 25.2. The Morgan fingerprint density at radius 1 is 0.609 bits per heavy atom. The summed E-state index contributed by atoms with van der Waals surface area (Å²) < 4.78 is 12.2. The highest BCUT2D eigenvalue weighted by Gasteiger charge is 2.47. The van der Waals surface area contributed by atoms with Gasteiger partial charge in [-0.3, -0.25) is 33.6 Å². The zero-order valence-electron chi connectivity index (χ0n) is 41.8. The van der Waals surface area contributed by atoms with Gasteiger partial charge in [0.1, 0.15) is 30.2 Å². The summed E-state index contributed by atoms with van der Waals surface area (Å²) in [4.78, 5) is 122. The van der Waals surface area contributed by atoms with E-state index in [9.17, 15) is 38.4 Å². The number of carbonyl (C=O) groups excluding carboxylic acids is 8. The van der Waals surface area contributed by atoms with E-state index in [1.54, 1.807) is 34.6 Å². The number of carbonyl (C=O) groups is 8. The molecule has 69 heavy (non-hydrogen) atoms. The monoisotopic (exact) mass is 955 g/mol. The van der Waals surface area contributed by atoms with Gasteiger partial charge in [0.15, 0.2) is 12.2 Å². The molecule has 6 amide bonds. The summed E-state index contributed by atoms with van der Waals surface area (Å²) in [7, 11) is 1.49. The molecule has 0 bridgehead atoms. The number of amides is 6. The molecule has 4 aliphatic heterocycles. The molecule has 0 aromatic heterocycles. The van der Waals surface area contributed by atoms with E-state index < -0.39 is 120 Å². The van der Waals surface area contributed by atoms with Crippen LogP contribution in [0.2, 0.25) is 0 Å².